The summed E-state index contributed by atoms with van der Waals surface area (Å²) in [5.41, 5.74) is -0.315. The number of benzene rings is 1. The van der Waals surface area contributed by atoms with Gasteiger partial charge < -0.3 is 0 Å². The van der Waals surface area contributed by atoms with Crippen LogP contribution in [-0.4, -0.2) is 0 Å². The van der Waals surface area contributed by atoms with Gasteiger partial charge in [-0.05, 0) is 24.1 Å². The second kappa shape index (κ2) is 4.00. The zero-order valence-corrected chi connectivity index (χ0v) is 7.64. The summed E-state index contributed by atoms with van der Waals surface area (Å²) >= 11 is 0. The second-order valence-corrected chi connectivity index (χ2v) is 3.02. The molecule has 4 heteroatoms. The highest BCUT2D eigenvalue weighted by Crippen LogP contribution is 2.30. The molecular weight excluding hydrogens is 193 g/mol. The Morgan fingerprint density at radius 2 is 1.71 bits per heavy atom. The maximum atomic E-state index is 12.1. The predicted octanol–water partition coefficient (Wildman–Crippen LogP) is 3.59. The van der Waals surface area contributed by atoms with Crippen LogP contribution in [0.1, 0.15) is 30.6 Å². The first-order chi connectivity index (χ1) is 6.45. The SMILES string of the molecule is CCC([O])c1ccc(C(F)(F)F)cc1. The predicted molar refractivity (Wildman–Crippen MR) is 45.2 cm³/mol. The molecule has 0 aliphatic heterocycles. The maximum Gasteiger partial charge on any atom is 0.416 e. The van der Waals surface area contributed by atoms with E-state index in [1.54, 1.807) is 6.92 Å². The lowest BCUT2D eigenvalue weighted by Crippen LogP contribution is -2.05. The fraction of sp³-hybridized carbons (Fsp3) is 0.400. The summed E-state index contributed by atoms with van der Waals surface area (Å²) in [6.45, 7) is 1.70. The summed E-state index contributed by atoms with van der Waals surface area (Å²) in [4.78, 5) is 0. The molecule has 77 valence electrons. The van der Waals surface area contributed by atoms with Crippen LogP contribution in [0.5, 0.6) is 0 Å². The molecule has 1 aromatic carbocycles. The minimum Gasteiger partial charge on any atom is -0.228 e. The van der Waals surface area contributed by atoms with Gasteiger partial charge in [0.2, 0.25) is 0 Å². The van der Waals surface area contributed by atoms with E-state index in [4.69, 9.17) is 0 Å². The van der Waals surface area contributed by atoms with Crippen molar-refractivity contribution < 1.29 is 18.3 Å². The monoisotopic (exact) mass is 203 g/mol. The van der Waals surface area contributed by atoms with E-state index in [-0.39, 0.29) is 0 Å². The normalized spacial score (nSPS) is 14.1. The van der Waals surface area contributed by atoms with E-state index >= 15 is 0 Å². The van der Waals surface area contributed by atoms with Crippen LogP contribution in [0.4, 0.5) is 13.2 Å². The summed E-state index contributed by atoms with van der Waals surface area (Å²) in [6.07, 6.45) is -4.88. The lowest BCUT2D eigenvalue weighted by atomic mass is 10.1. The molecule has 0 amide bonds. The molecule has 1 atom stereocenters. The van der Waals surface area contributed by atoms with Crippen LogP contribution in [0.2, 0.25) is 0 Å². The Kier molecular flexibility index (Phi) is 3.16. The van der Waals surface area contributed by atoms with Gasteiger partial charge in [-0.1, -0.05) is 19.1 Å². The fourth-order valence-corrected chi connectivity index (χ4v) is 1.12. The molecule has 0 saturated carbocycles. The number of rotatable bonds is 2. The van der Waals surface area contributed by atoms with Gasteiger partial charge in [-0.25, -0.2) is 5.11 Å². The lowest BCUT2D eigenvalue weighted by Gasteiger charge is -2.09. The summed E-state index contributed by atoms with van der Waals surface area (Å²) in [5, 5.41) is 11.2. The summed E-state index contributed by atoms with van der Waals surface area (Å²) in [7, 11) is 0. The Bertz CT molecular complexity index is 289. The molecule has 14 heavy (non-hydrogen) atoms. The summed E-state index contributed by atoms with van der Waals surface area (Å²) < 4.78 is 36.4. The highest BCUT2D eigenvalue weighted by atomic mass is 19.4. The van der Waals surface area contributed by atoms with Gasteiger partial charge in [0, 0.05) is 0 Å². The maximum absolute atomic E-state index is 12.1. The van der Waals surface area contributed by atoms with Crippen LogP contribution in [-0.2, 0) is 11.3 Å². The van der Waals surface area contributed by atoms with Gasteiger partial charge >= 0.3 is 6.18 Å². The number of hydrogen-bond donors (Lipinski definition) is 0. The Balaban J connectivity index is 2.89. The molecule has 1 nitrogen and oxygen atoms in total. The average Bonchev–Trinajstić information content (AvgIpc) is 2.15. The van der Waals surface area contributed by atoms with Crippen molar-refractivity contribution in [2.75, 3.05) is 0 Å². The van der Waals surface area contributed by atoms with E-state index in [1.165, 1.54) is 12.1 Å². The molecular formula is C10H10F3O. The Morgan fingerprint density at radius 1 is 1.21 bits per heavy atom. The van der Waals surface area contributed by atoms with Gasteiger partial charge in [-0.3, -0.25) is 0 Å². The standard InChI is InChI=1S/C10H10F3O/c1-2-9(14)7-3-5-8(6-4-7)10(11,12)13/h3-6,9H,2H2,1H3. The van der Waals surface area contributed by atoms with Crippen molar-refractivity contribution in [2.24, 2.45) is 0 Å². The summed E-state index contributed by atoms with van der Waals surface area (Å²) in [5.74, 6) is 0. The number of hydrogen-bond acceptors (Lipinski definition) is 0. The van der Waals surface area contributed by atoms with Crippen LogP contribution >= 0.6 is 0 Å². The van der Waals surface area contributed by atoms with Crippen LogP contribution in [0.3, 0.4) is 0 Å². The molecule has 0 fully saturated rings. The van der Waals surface area contributed by atoms with Crippen molar-refractivity contribution in [3.8, 4) is 0 Å². The molecule has 0 N–H and O–H groups in total. The largest absolute Gasteiger partial charge is 0.416 e. The van der Waals surface area contributed by atoms with Crippen molar-refractivity contribution in [3.63, 3.8) is 0 Å². The Morgan fingerprint density at radius 3 is 2.07 bits per heavy atom. The third kappa shape index (κ3) is 2.48. The first kappa shape index (κ1) is 11.0. The van der Waals surface area contributed by atoms with E-state index in [9.17, 15) is 18.3 Å². The first-order valence-corrected chi connectivity index (χ1v) is 4.28. The minimum absolute atomic E-state index is 0.380. The molecule has 0 saturated heterocycles. The van der Waals surface area contributed by atoms with E-state index < -0.39 is 17.8 Å². The summed E-state index contributed by atoms with van der Waals surface area (Å²) in [6, 6.07) is 4.36. The van der Waals surface area contributed by atoms with Crippen molar-refractivity contribution >= 4 is 0 Å². The number of alkyl halides is 3. The van der Waals surface area contributed by atoms with Crippen LogP contribution in [0.25, 0.3) is 0 Å². The van der Waals surface area contributed by atoms with E-state index in [0.29, 0.717) is 12.0 Å². The fourth-order valence-electron chi connectivity index (χ4n) is 1.12. The zero-order chi connectivity index (χ0) is 10.8. The molecule has 1 aromatic rings. The lowest BCUT2D eigenvalue weighted by molar-refractivity contribution is -0.137. The molecule has 0 aliphatic rings. The number of halogens is 3. The van der Waals surface area contributed by atoms with Crippen molar-refractivity contribution in [1.29, 1.82) is 0 Å². The first-order valence-electron chi connectivity index (χ1n) is 4.28. The van der Waals surface area contributed by atoms with Gasteiger partial charge in [0.1, 0.15) is 6.10 Å². The topological polar surface area (TPSA) is 19.9 Å². The molecule has 0 spiro atoms. The molecule has 1 radical (unpaired) electrons. The van der Waals surface area contributed by atoms with E-state index in [0.717, 1.165) is 12.1 Å². The van der Waals surface area contributed by atoms with Crippen molar-refractivity contribution in [1.82, 2.24) is 0 Å². The smallest absolute Gasteiger partial charge is 0.228 e. The van der Waals surface area contributed by atoms with Crippen LogP contribution in [0, 0.1) is 0 Å². The molecule has 0 aliphatic carbocycles. The second-order valence-electron chi connectivity index (χ2n) is 3.02. The Labute approximate surface area is 80.2 Å². The molecule has 1 unspecified atom stereocenters. The van der Waals surface area contributed by atoms with Crippen molar-refractivity contribution in [3.05, 3.63) is 35.4 Å². The van der Waals surface area contributed by atoms with Gasteiger partial charge in [-0.2, -0.15) is 13.2 Å². The van der Waals surface area contributed by atoms with Gasteiger partial charge in [-0.15, -0.1) is 0 Å². The van der Waals surface area contributed by atoms with Gasteiger partial charge in [0.25, 0.3) is 0 Å². The average molecular weight is 203 g/mol. The highest BCUT2D eigenvalue weighted by molar-refractivity contribution is 5.25. The van der Waals surface area contributed by atoms with Crippen molar-refractivity contribution in [2.45, 2.75) is 25.6 Å². The Hall–Kier alpha value is -1.03. The molecule has 0 aromatic heterocycles. The third-order valence-electron chi connectivity index (χ3n) is 1.98. The molecule has 1 rings (SSSR count). The quantitative estimate of drug-likeness (QED) is 0.700. The minimum atomic E-state index is -4.33. The van der Waals surface area contributed by atoms with Crippen LogP contribution in [0.15, 0.2) is 24.3 Å². The van der Waals surface area contributed by atoms with E-state index in [2.05, 4.69) is 0 Å². The zero-order valence-electron chi connectivity index (χ0n) is 7.64. The third-order valence-corrected chi connectivity index (χ3v) is 1.98. The molecule has 0 bridgehead atoms. The van der Waals surface area contributed by atoms with E-state index in [1.807, 2.05) is 0 Å². The van der Waals surface area contributed by atoms with Crippen LogP contribution < -0.4 is 0 Å². The van der Waals surface area contributed by atoms with Gasteiger partial charge in [0.05, 0.1) is 5.56 Å². The van der Waals surface area contributed by atoms with Gasteiger partial charge in [0.15, 0.2) is 0 Å². The molecule has 0 heterocycles. The highest BCUT2D eigenvalue weighted by Gasteiger charge is 2.30.